The molecule has 28 heavy (non-hydrogen) atoms. The van der Waals surface area contributed by atoms with Crippen molar-refractivity contribution in [3.05, 3.63) is 0 Å². The van der Waals surface area contributed by atoms with E-state index in [-0.39, 0.29) is 24.7 Å². The first-order valence-electron chi connectivity index (χ1n) is 9.69. The Balaban J connectivity index is 5.00. The molecular formula is C19H35N3O6. The summed E-state index contributed by atoms with van der Waals surface area (Å²) in [6, 6.07) is -2.87. The monoisotopic (exact) mass is 401 g/mol. The molecule has 0 aromatic rings. The van der Waals surface area contributed by atoms with Crippen LogP contribution >= 0.6 is 0 Å². The first-order chi connectivity index (χ1) is 12.9. The first-order valence-corrected chi connectivity index (χ1v) is 9.69. The van der Waals surface area contributed by atoms with Gasteiger partial charge in [-0.1, -0.05) is 34.1 Å². The van der Waals surface area contributed by atoms with Crippen LogP contribution < -0.4 is 16.0 Å². The van der Waals surface area contributed by atoms with Gasteiger partial charge in [-0.25, -0.2) is 4.79 Å². The fourth-order valence-corrected chi connectivity index (χ4v) is 2.56. The lowest BCUT2D eigenvalue weighted by Crippen LogP contribution is -2.56. The first kappa shape index (κ1) is 25.8. The molecule has 162 valence electrons. The molecule has 0 saturated heterocycles. The zero-order chi connectivity index (χ0) is 22.0. The van der Waals surface area contributed by atoms with Crippen LogP contribution in [0.25, 0.3) is 0 Å². The minimum atomic E-state index is -1.14. The molecule has 0 aromatic heterocycles. The molecule has 5 atom stereocenters. The highest BCUT2D eigenvalue weighted by atomic mass is 16.4. The van der Waals surface area contributed by atoms with Crippen molar-refractivity contribution in [3.8, 4) is 0 Å². The summed E-state index contributed by atoms with van der Waals surface area (Å²) in [5.41, 5.74) is 0. The van der Waals surface area contributed by atoms with Crippen LogP contribution in [0, 0.1) is 11.8 Å². The van der Waals surface area contributed by atoms with Crippen LogP contribution in [-0.2, 0) is 19.2 Å². The molecule has 1 unspecified atom stereocenters. The molecule has 0 radical (unpaired) electrons. The van der Waals surface area contributed by atoms with Crippen molar-refractivity contribution in [3.63, 3.8) is 0 Å². The summed E-state index contributed by atoms with van der Waals surface area (Å²) in [4.78, 5) is 48.1. The number of carbonyl (C=O) groups is 4. The van der Waals surface area contributed by atoms with Crippen molar-refractivity contribution in [2.24, 2.45) is 11.8 Å². The summed E-state index contributed by atoms with van der Waals surface area (Å²) in [5.74, 6) is -2.86. The third-order valence-corrected chi connectivity index (χ3v) is 4.37. The molecule has 0 aromatic carbocycles. The molecule has 3 amide bonds. The van der Waals surface area contributed by atoms with Crippen molar-refractivity contribution < 1.29 is 29.4 Å². The number of amides is 3. The van der Waals surface area contributed by atoms with E-state index in [0.29, 0.717) is 6.42 Å². The van der Waals surface area contributed by atoms with Gasteiger partial charge in [0, 0.05) is 0 Å². The molecule has 0 saturated carbocycles. The molecule has 0 aliphatic carbocycles. The van der Waals surface area contributed by atoms with Gasteiger partial charge in [0.15, 0.2) is 0 Å². The lowest BCUT2D eigenvalue weighted by Gasteiger charge is -2.26. The molecular weight excluding hydrogens is 366 g/mol. The number of carboxylic acid groups (broad SMARTS) is 1. The molecule has 9 heteroatoms. The van der Waals surface area contributed by atoms with Gasteiger partial charge < -0.3 is 26.2 Å². The molecule has 0 bridgehead atoms. The maximum absolute atomic E-state index is 12.6. The zero-order valence-corrected chi connectivity index (χ0v) is 17.6. The average molecular weight is 402 g/mol. The predicted octanol–water partition coefficient (Wildman–Crippen LogP) is 0.408. The summed E-state index contributed by atoms with van der Waals surface area (Å²) in [6.07, 6.45) is -0.0826. The second-order valence-electron chi connectivity index (χ2n) is 7.74. The van der Waals surface area contributed by atoms with Crippen LogP contribution in [0.5, 0.6) is 0 Å². The Morgan fingerprint density at radius 2 is 1.46 bits per heavy atom. The molecule has 0 rings (SSSR count). The second kappa shape index (κ2) is 12.3. The maximum atomic E-state index is 12.6. The van der Waals surface area contributed by atoms with E-state index in [4.69, 9.17) is 0 Å². The van der Waals surface area contributed by atoms with E-state index in [0.717, 1.165) is 0 Å². The summed E-state index contributed by atoms with van der Waals surface area (Å²) < 4.78 is 0. The fourth-order valence-electron chi connectivity index (χ4n) is 2.56. The van der Waals surface area contributed by atoms with Crippen molar-refractivity contribution in [2.45, 2.75) is 85.0 Å². The topological polar surface area (TPSA) is 145 Å². The molecule has 0 spiro atoms. The number of aliphatic hydroxyl groups excluding tert-OH is 1. The lowest BCUT2D eigenvalue weighted by atomic mass is 9.97. The van der Waals surface area contributed by atoms with Gasteiger partial charge in [0.2, 0.25) is 17.7 Å². The molecule has 5 N–H and O–H groups in total. The van der Waals surface area contributed by atoms with Gasteiger partial charge in [0.05, 0.1) is 12.5 Å². The van der Waals surface area contributed by atoms with Gasteiger partial charge in [0.1, 0.15) is 18.1 Å². The van der Waals surface area contributed by atoms with Gasteiger partial charge in [-0.3, -0.25) is 14.4 Å². The Labute approximate surface area is 166 Å². The van der Waals surface area contributed by atoms with Gasteiger partial charge in [-0.2, -0.15) is 0 Å². The third-order valence-electron chi connectivity index (χ3n) is 4.37. The molecule has 0 aliphatic heterocycles. The molecule has 0 aliphatic rings. The number of carbonyl (C=O) groups excluding carboxylic acids is 3. The lowest BCUT2D eigenvalue weighted by molar-refractivity contribution is -0.142. The average Bonchev–Trinajstić information content (AvgIpc) is 2.56. The Morgan fingerprint density at radius 3 is 1.89 bits per heavy atom. The number of hydrogen-bond donors (Lipinski definition) is 5. The number of aliphatic hydroxyl groups is 1. The molecule has 9 nitrogen and oxygen atoms in total. The van der Waals surface area contributed by atoms with Crippen LogP contribution in [0.3, 0.4) is 0 Å². The largest absolute Gasteiger partial charge is 0.480 e. The van der Waals surface area contributed by atoms with E-state index in [1.54, 1.807) is 6.92 Å². The highest BCUT2D eigenvalue weighted by Crippen LogP contribution is 2.10. The zero-order valence-electron chi connectivity index (χ0n) is 17.6. The maximum Gasteiger partial charge on any atom is 0.326 e. The van der Waals surface area contributed by atoms with Gasteiger partial charge in [-0.15, -0.1) is 0 Å². The second-order valence-corrected chi connectivity index (χ2v) is 7.74. The van der Waals surface area contributed by atoms with Crippen molar-refractivity contribution >= 4 is 23.7 Å². The summed E-state index contributed by atoms with van der Waals surface area (Å²) in [5, 5.41) is 26.1. The van der Waals surface area contributed by atoms with Crippen molar-refractivity contribution in [2.75, 3.05) is 0 Å². The van der Waals surface area contributed by atoms with E-state index in [1.165, 1.54) is 13.8 Å². The standard InChI is InChI=1S/C19H35N3O6/c1-7-11(4)16(22-15(24)9-12(5)23)18(26)20-13(6)17(25)21-14(19(27)28)8-10(2)3/h10-14,16,23H,7-9H2,1-6H3,(H,20,26)(H,21,25)(H,22,24)(H,27,28)/t11-,12?,13-,14-,16-/m0/s1. The minimum Gasteiger partial charge on any atom is -0.480 e. The van der Waals surface area contributed by atoms with Crippen LogP contribution in [0.15, 0.2) is 0 Å². The van der Waals surface area contributed by atoms with Crippen LogP contribution in [0.4, 0.5) is 0 Å². The van der Waals surface area contributed by atoms with E-state index in [1.807, 2.05) is 20.8 Å². The van der Waals surface area contributed by atoms with Crippen LogP contribution in [-0.4, -0.2) is 58.1 Å². The summed E-state index contributed by atoms with van der Waals surface area (Å²) in [7, 11) is 0. The van der Waals surface area contributed by atoms with Crippen LogP contribution in [0.1, 0.15) is 60.8 Å². The van der Waals surface area contributed by atoms with Gasteiger partial charge >= 0.3 is 5.97 Å². The molecule has 0 fully saturated rings. The summed E-state index contributed by atoms with van der Waals surface area (Å²) in [6.45, 7) is 10.3. The third kappa shape index (κ3) is 9.68. The fraction of sp³-hybridized carbons (Fsp3) is 0.789. The van der Waals surface area contributed by atoms with E-state index >= 15 is 0 Å². The Bertz CT molecular complexity index is 550. The normalized spacial score (nSPS) is 16.4. The highest BCUT2D eigenvalue weighted by molar-refractivity contribution is 5.93. The number of carboxylic acids is 1. The minimum absolute atomic E-state index is 0.0743. The number of rotatable bonds is 12. The quantitative estimate of drug-likeness (QED) is 0.320. The number of nitrogens with one attached hydrogen (secondary N) is 3. The van der Waals surface area contributed by atoms with E-state index in [9.17, 15) is 29.4 Å². The number of aliphatic carboxylic acids is 1. The number of hydrogen-bond acceptors (Lipinski definition) is 5. The SMILES string of the molecule is CC[C@H](C)[C@H](NC(=O)CC(C)O)C(=O)N[C@@H](C)C(=O)N[C@@H](CC(C)C)C(=O)O. The summed E-state index contributed by atoms with van der Waals surface area (Å²) >= 11 is 0. The molecule has 0 heterocycles. The van der Waals surface area contributed by atoms with Gasteiger partial charge in [0.25, 0.3) is 0 Å². The van der Waals surface area contributed by atoms with Crippen molar-refractivity contribution in [1.29, 1.82) is 0 Å². The van der Waals surface area contributed by atoms with Crippen molar-refractivity contribution in [1.82, 2.24) is 16.0 Å². The van der Waals surface area contributed by atoms with Gasteiger partial charge in [-0.05, 0) is 32.1 Å². The van der Waals surface area contributed by atoms with E-state index < -0.39 is 47.9 Å². The van der Waals surface area contributed by atoms with E-state index in [2.05, 4.69) is 16.0 Å². The Kier molecular flexibility index (Phi) is 11.4. The Hall–Kier alpha value is -2.16. The highest BCUT2D eigenvalue weighted by Gasteiger charge is 2.30. The smallest absolute Gasteiger partial charge is 0.326 e. The van der Waals surface area contributed by atoms with Crippen LogP contribution in [0.2, 0.25) is 0 Å². The predicted molar refractivity (Wildman–Crippen MR) is 104 cm³/mol. The Morgan fingerprint density at radius 1 is 0.893 bits per heavy atom.